The van der Waals surface area contributed by atoms with Gasteiger partial charge in [0, 0.05) is 31.9 Å². The van der Waals surface area contributed by atoms with Gasteiger partial charge in [-0.05, 0) is 29.0 Å². The fourth-order valence-corrected chi connectivity index (χ4v) is 2.48. The molecule has 8 nitrogen and oxygen atoms in total. The first-order chi connectivity index (χ1) is 10.7. The Kier molecular flexibility index (Phi) is 4.38. The zero-order valence-corrected chi connectivity index (χ0v) is 12.4. The quantitative estimate of drug-likeness (QED) is 0.798. The Morgan fingerprint density at radius 3 is 3.09 bits per heavy atom. The molecule has 1 fully saturated rings. The van der Waals surface area contributed by atoms with Gasteiger partial charge in [-0.1, -0.05) is 6.07 Å². The third-order valence-corrected chi connectivity index (χ3v) is 3.68. The van der Waals surface area contributed by atoms with Crippen molar-refractivity contribution in [3.63, 3.8) is 0 Å². The molecule has 1 saturated heterocycles. The molecule has 3 rings (SSSR count). The molecule has 0 bridgehead atoms. The van der Waals surface area contributed by atoms with Crippen molar-refractivity contribution in [2.45, 2.75) is 18.9 Å². The Morgan fingerprint density at radius 2 is 2.36 bits per heavy atom. The maximum atomic E-state index is 12.4. The van der Waals surface area contributed by atoms with Crippen molar-refractivity contribution < 1.29 is 9.53 Å². The average Bonchev–Trinajstić information content (AvgIpc) is 3.00. The summed E-state index contributed by atoms with van der Waals surface area (Å²) in [5, 5.41) is 11.4. The number of hydrogen-bond donors (Lipinski definition) is 0. The van der Waals surface area contributed by atoms with E-state index in [-0.39, 0.29) is 12.0 Å². The van der Waals surface area contributed by atoms with E-state index in [1.807, 2.05) is 23.1 Å². The standard InChI is InChI=1S/C14H18N6O2/c1-19-14(16-17-18-19)12-10-20(8-9-22-12)13(21)6-5-11-4-2-3-7-15-11/h2-4,7,12H,5-6,8-10H2,1H3. The molecule has 1 amide bonds. The third-order valence-electron chi connectivity index (χ3n) is 3.68. The molecule has 0 N–H and O–H groups in total. The highest BCUT2D eigenvalue weighted by Gasteiger charge is 2.28. The summed E-state index contributed by atoms with van der Waals surface area (Å²) in [5.41, 5.74) is 0.929. The molecule has 0 spiro atoms. The van der Waals surface area contributed by atoms with Crippen LogP contribution in [0.1, 0.15) is 24.0 Å². The van der Waals surface area contributed by atoms with E-state index in [9.17, 15) is 4.79 Å². The van der Waals surface area contributed by atoms with Crippen LogP contribution in [-0.4, -0.2) is 55.7 Å². The van der Waals surface area contributed by atoms with Gasteiger partial charge in [-0.3, -0.25) is 9.78 Å². The molecule has 8 heteroatoms. The molecule has 0 aromatic carbocycles. The lowest BCUT2D eigenvalue weighted by Crippen LogP contribution is -2.43. The molecule has 0 radical (unpaired) electrons. The van der Waals surface area contributed by atoms with Crippen molar-refractivity contribution in [2.75, 3.05) is 19.7 Å². The van der Waals surface area contributed by atoms with E-state index in [2.05, 4.69) is 20.5 Å². The Hall–Kier alpha value is -2.35. The van der Waals surface area contributed by atoms with Crippen LogP contribution in [0.4, 0.5) is 0 Å². The van der Waals surface area contributed by atoms with E-state index in [4.69, 9.17) is 4.74 Å². The summed E-state index contributed by atoms with van der Waals surface area (Å²) in [6, 6.07) is 5.73. The van der Waals surface area contributed by atoms with Crippen LogP contribution < -0.4 is 0 Å². The molecular formula is C14H18N6O2. The van der Waals surface area contributed by atoms with E-state index in [0.717, 1.165) is 5.69 Å². The SMILES string of the molecule is Cn1nnnc1C1CN(C(=O)CCc2ccccn2)CCO1. The highest BCUT2D eigenvalue weighted by atomic mass is 16.5. The molecule has 0 aliphatic carbocycles. The number of pyridine rings is 1. The number of hydrogen-bond acceptors (Lipinski definition) is 6. The number of ether oxygens (including phenoxy) is 1. The second-order valence-corrected chi connectivity index (χ2v) is 5.18. The Labute approximate surface area is 128 Å². The van der Waals surface area contributed by atoms with Crippen molar-refractivity contribution in [1.29, 1.82) is 0 Å². The number of nitrogens with zero attached hydrogens (tertiary/aromatic N) is 6. The number of morpholine rings is 1. The van der Waals surface area contributed by atoms with E-state index >= 15 is 0 Å². The van der Waals surface area contributed by atoms with Gasteiger partial charge in [0.15, 0.2) is 5.82 Å². The predicted molar refractivity (Wildman–Crippen MR) is 76.6 cm³/mol. The topological polar surface area (TPSA) is 86.0 Å². The molecular weight excluding hydrogens is 284 g/mol. The van der Waals surface area contributed by atoms with Gasteiger partial charge in [-0.25, -0.2) is 4.68 Å². The molecule has 1 atom stereocenters. The van der Waals surface area contributed by atoms with Gasteiger partial charge in [-0.15, -0.1) is 5.10 Å². The summed E-state index contributed by atoms with van der Waals surface area (Å²) in [5.74, 6) is 0.747. The Bertz CT molecular complexity index is 629. The number of aryl methyl sites for hydroxylation is 2. The number of rotatable bonds is 4. The zero-order valence-electron chi connectivity index (χ0n) is 12.4. The monoisotopic (exact) mass is 302 g/mol. The Balaban J connectivity index is 1.57. The van der Waals surface area contributed by atoms with Gasteiger partial charge < -0.3 is 9.64 Å². The third kappa shape index (κ3) is 3.28. The first-order valence-electron chi connectivity index (χ1n) is 7.25. The maximum absolute atomic E-state index is 12.4. The number of carbonyl (C=O) groups is 1. The second kappa shape index (κ2) is 6.61. The lowest BCUT2D eigenvalue weighted by Gasteiger charge is -2.32. The van der Waals surface area contributed by atoms with Gasteiger partial charge in [0.1, 0.15) is 6.10 Å². The van der Waals surface area contributed by atoms with E-state index < -0.39 is 0 Å². The first-order valence-corrected chi connectivity index (χ1v) is 7.25. The van der Waals surface area contributed by atoms with Crippen LogP contribution in [0.25, 0.3) is 0 Å². The largest absolute Gasteiger partial charge is 0.366 e. The summed E-state index contributed by atoms with van der Waals surface area (Å²) in [4.78, 5) is 18.4. The van der Waals surface area contributed by atoms with Crippen LogP contribution in [0.3, 0.4) is 0 Å². The average molecular weight is 302 g/mol. The molecule has 1 unspecified atom stereocenters. The van der Waals surface area contributed by atoms with Crippen LogP contribution in [0.5, 0.6) is 0 Å². The van der Waals surface area contributed by atoms with Crippen molar-refractivity contribution in [3.8, 4) is 0 Å². The number of carbonyl (C=O) groups excluding carboxylic acids is 1. The van der Waals surface area contributed by atoms with Gasteiger partial charge in [0.25, 0.3) is 0 Å². The van der Waals surface area contributed by atoms with Crippen molar-refractivity contribution in [2.24, 2.45) is 7.05 Å². The summed E-state index contributed by atoms with van der Waals surface area (Å²) >= 11 is 0. The predicted octanol–water partition coefficient (Wildman–Crippen LogP) is 0.138. The molecule has 22 heavy (non-hydrogen) atoms. The maximum Gasteiger partial charge on any atom is 0.223 e. The number of amides is 1. The van der Waals surface area contributed by atoms with Crippen molar-refractivity contribution >= 4 is 5.91 Å². The summed E-state index contributed by atoms with van der Waals surface area (Å²) in [6.07, 6.45) is 2.56. The molecule has 1 aliphatic rings. The highest BCUT2D eigenvalue weighted by molar-refractivity contribution is 5.76. The fourth-order valence-electron chi connectivity index (χ4n) is 2.48. The lowest BCUT2D eigenvalue weighted by molar-refractivity contribution is -0.139. The molecule has 2 aromatic rings. The van der Waals surface area contributed by atoms with E-state index in [1.54, 1.807) is 17.9 Å². The number of aromatic nitrogens is 5. The van der Waals surface area contributed by atoms with Gasteiger partial charge in [0.05, 0.1) is 13.2 Å². The second-order valence-electron chi connectivity index (χ2n) is 5.18. The van der Waals surface area contributed by atoms with Crippen LogP contribution in [-0.2, 0) is 23.0 Å². The summed E-state index contributed by atoms with van der Waals surface area (Å²) in [6.45, 7) is 1.57. The number of tetrazole rings is 1. The van der Waals surface area contributed by atoms with Crippen LogP contribution in [0.2, 0.25) is 0 Å². The van der Waals surface area contributed by atoms with E-state index in [1.165, 1.54) is 0 Å². The van der Waals surface area contributed by atoms with E-state index in [0.29, 0.717) is 38.4 Å². The van der Waals surface area contributed by atoms with Crippen LogP contribution >= 0.6 is 0 Å². The summed E-state index contributed by atoms with van der Waals surface area (Å²) in [7, 11) is 1.76. The van der Waals surface area contributed by atoms with Crippen LogP contribution in [0.15, 0.2) is 24.4 Å². The lowest BCUT2D eigenvalue weighted by atomic mass is 10.2. The molecule has 2 aromatic heterocycles. The minimum absolute atomic E-state index is 0.106. The smallest absolute Gasteiger partial charge is 0.223 e. The highest BCUT2D eigenvalue weighted by Crippen LogP contribution is 2.20. The van der Waals surface area contributed by atoms with Gasteiger partial charge >= 0.3 is 0 Å². The zero-order chi connectivity index (χ0) is 15.4. The van der Waals surface area contributed by atoms with Crippen LogP contribution in [0, 0.1) is 0 Å². The minimum Gasteiger partial charge on any atom is -0.366 e. The molecule has 116 valence electrons. The molecule has 0 saturated carbocycles. The summed E-state index contributed by atoms with van der Waals surface area (Å²) < 4.78 is 7.25. The molecule has 3 heterocycles. The van der Waals surface area contributed by atoms with Gasteiger partial charge in [-0.2, -0.15) is 0 Å². The van der Waals surface area contributed by atoms with Gasteiger partial charge in [0.2, 0.25) is 5.91 Å². The van der Waals surface area contributed by atoms with Crippen molar-refractivity contribution in [3.05, 3.63) is 35.9 Å². The minimum atomic E-state index is -0.271. The van der Waals surface area contributed by atoms with Crippen molar-refractivity contribution in [1.82, 2.24) is 30.1 Å². The Morgan fingerprint density at radius 1 is 1.45 bits per heavy atom. The normalized spacial score (nSPS) is 18.4. The fraction of sp³-hybridized carbons (Fsp3) is 0.500. The molecule has 1 aliphatic heterocycles. The first kappa shape index (κ1) is 14.6.